The Morgan fingerprint density at radius 3 is 1.33 bits per heavy atom. The van der Waals surface area contributed by atoms with Crippen molar-refractivity contribution in [3.63, 3.8) is 0 Å². The minimum Gasteiger partial charge on any atom is -0.451 e. The van der Waals surface area contributed by atoms with Gasteiger partial charge in [0.05, 0.1) is 5.41 Å². The van der Waals surface area contributed by atoms with Gasteiger partial charge in [-0.25, -0.2) is 0 Å². The molecular weight excluding hydrogens is 444 g/mol. The normalized spacial score (nSPS) is 43.0. The monoisotopic (exact) mass is 484 g/mol. The average Bonchev–Trinajstić information content (AvgIpc) is 2.84. The first kappa shape index (κ1) is 21.7. The number of rotatable bonds is 5. The molecule has 2 unspecified atom stereocenters. The molecule has 190 valence electrons. The fourth-order valence-corrected chi connectivity index (χ4v) is 11.3. The topological polar surface area (TPSA) is 70.5 Å². The maximum absolute atomic E-state index is 7.35. The molecule has 0 radical (unpaired) electrons. The van der Waals surface area contributed by atoms with Crippen LogP contribution in [0, 0.1) is 46.3 Å². The minimum atomic E-state index is -0.641. The Bertz CT molecular complexity index is 1060. The second-order valence-corrected chi connectivity index (χ2v) is 13.8. The first-order valence-corrected chi connectivity index (χ1v) is 14.5. The lowest BCUT2D eigenvalue weighted by Crippen LogP contribution is -2.76. The van der Waals surface area contributed by atoms with Crippen LogP contribution in [0.2, 0.25) is 0 Å². The molecule has 10 rings (SSSR count). The molecule has 0 aliphatic heterocycles. The zero-order chi connectivity index (χ0) is 24.1. The van der Waals surface area contributed by atoms with Crippen LogP contribution in [-0.2, 0) is 0 Å². The van der Waals surface area contributed by atoms with E-state index in [-0.39, 0.29) is 5.41 Å². The molecule has 0 amide bonds. The van der Waals surface area contributed by atoms with Crippen molar-refractivity contribution < 1.29 is 9.47 Å². The Labute approximate surface area is 215 Å². The summed E-state index contributed by atoms with van der Waals surface area (Å²) in [6, 6.07) is 16.1. The third kappa shape index (κ3) is 2.93. The highest BCUT2D eigenvalue weighted by Gasteiger charge is 2.77. The van der Waals surface area contributed by atoms with Crippen LogP contribution >= 0.6 is 0 Å². The number of hydrogen-bond acceptors (Lipinski definition) is 4. The van der Waals surface area contributed by atoms with E-state index in [1.807, 2.05) is 24.3 Å². The summed E-state index contributed by atoms with van der Waals surface area (Å²) < 4.78 is 14.7. The minimum absolute atomic E-state index is 0.0630. The molecule has 2 aromatic rings. The van der Waals surface area contributed by atoms with Gasteiger partial charge in [0.2, 0.25) is 0 Å². The number of anilines is 2. The SMILES string of the molecule is Nc1ccc(OC2(Oc3ccc(N)cc3)C3CC4CC(C3)CC2(C23CC5CC(CC(C5)C2)C3)C4)cc1. The number of ether oxygens (including phenoxy) is 2. The predicted molar refractivity (Wildman–Crippen MR) is 142 cm³/mol. The highest BCUT2D eigenvalue weighted by atomic mass is 16.7. The summed E-state index contributed by atoms with van der Waals surface area (Å²) >= 11 is 0. The van der Waals surface area contributed by atoms with Crippen molar-refractivity contribution >= 4 is 11.4 Å². The first-order valence-electron chi connectivity index (χ1n) is 14.5. The molecule has 4 nitrogen and oxygen atoms in total. The Morgan fingerprint density at radius 1 is 0.528 bits per heavy atom. The van der Waals surface area contributed by atoms with Crippen LogP contribution in [0.1, 0.15) is 70.6 Å². The van der Waals surface area contributed by atoms with Gasteiger partial charge in [-0.05, 0) is 154 Å². The number of nitrogens with two attached hydrogens (primary N) is 2. The predicted octanol–water partition coefficient (Wildman–Crippen LogP) is 7.05. The third-order valence-electron chi connectivity index (χ3n) is 11.7. The molecule has 8 fully saturated rings. The Hall–Kier alpha value is -2.36. The van der Waals surface area contributed by atoms with Gasteiger partial charge in [0.15, 0.2) is 0 Å². The molecule has 8 aliphatic rings. The van der Waals surface area contributed by atoms with Crippen molar-refractivity contribution in [1.29, 1.82) is 0 Å². The Kier molecular flexibility index (Phi) is 4.44. The number of benzene rings is 2. The van der Waals surface area contributed by atoms with Crippen LogP contribution in [0.5, 0.6) is 11.5 Å². The largest absolute Gasteiger partial charge is 0.451 e. The van der Waals surface area contributed by atoms with E-state index in [0.717, 1.165) is 52.5 Å². The van der Waals surface area contributed by atoms with Gasteiger partial charge in [0.25, 0.3) is 5.79 Å². The molecule has 4 heteroatoms. The second-order valence-electron chi connectivity index (χ2n) is 13.8. The van der Waals surface area contributed by atoms with Gasteiger partial charge < -0.3 is 20.9 Å². The molecule has 2 aromatic carbocycles. The molecule has 4 N–H and O–H groups in total. The summed E-state index contributed by atoms with van der Waals surface area (Å²) in [4.78, 5) is 0. The van der Waals surface area contributed by atoms with Crippen LogP contribution in [-0.4, -0.2) is 5.79 Å². The maximum Gasteiger partial charge on any atom is 0.260 e. The summed E-state index contributed by atoms with van der Waals surface area (Å²) in [5.41, 5.74) is 14.1. The highest BCUT2D eigenvalue weighted by molar-refractivity contribution is 5.43. The molecule has 8 saturated carbocycles. The molecule has 8 aliphatic carbocycles. The van der Waals surface area contributed by atoms with Crippen molar-refractivity contribution in [3.8, 4) is 11.5 Å². The van der Waals surface area contributed by atoms with E-state index >= 15 is 0 Å². The highest BCUT2D eigenvalue weighted by Crippen LogP contribution is 2.78. The fraction of sp³-hybridized carbons (Fsp3) is 0.625. The van der Waals surface area contributed by atoms with Gasteiger partial charge in [-0.3, -0.25) is 0 Å². The lowest BCUT2D eigenvalue weighted by atomic mass is 9.33. The summed E-state index contributed by atoms with van der Waals surface area (Å²) in [6.07, 6.45) is 15.0. The van der Waals surface area contributed by atoms with Crippen LogP contribution in [0.4, 0.5) is 11.4 Å². The standard InChI is InChI=1S/C32H40N2O2/c33-26-1-5-28(6-2-26)35-32(36-29-7-3-27(34)4-8-29)25-13-23-12-24(14-25)19-31(32,18-23)30-15-20-9-21(16-30)11-22(10-20)17-30/h1-8,20-25H,9-19,33-34H2. The van der Waals surface area contributed by atoms with Crippen molar-refractivity contribution in [2.24, 2.45) is 46.3 Å². The van der Waals surface area contributed by atoms with Crippen LogP contribution in [0.25, 0.3) is 0 Å². The summed E-state index contributed by atoms with van der Waals surface area (Å²) in [6.45, 7) is 0. The van der Waals surface area contributed by atoms with Gasteiger partial charge in [0.1, 0.15) is 11.5 Å². The van der Waals surface area contributed by atoms with Crippen LogP contribution in [0.15, 0.2) is 48.5 Å². The molecule has 0 aromatic heterocycles. The van der Waals surface area contributed by atoms with Crippen molar-refractivity contribution in [2.75, 3.05) is 11.5 Å². The summed E-state index contributed by atoms with van der Waals surface area (Å²) in [5, 5.41) is 0. The van der Waals surface area contributed by atoms with E-state index in [1.54, 1.807) is 0 Å². The molecule has 0 heterocycles. The fourth-order valence-electron chi connectivity index (χ4n) is 11.3. The lowest BCUT2D eigenvalue weighted by molar-refractivity contribution is -0.357. The lowest BCUT2D eigenvalue weighted by Gasteiger charge is -2.74. The molecule has 0 saturated heterocycles. The van der Waals surface area contributed by atoms with Crippen LogP contribution in [0.3, 0.4) is 0 Å². The van der Waals surface area contributed by atoms with Crippen molar-refractivity contribution in [3.05, 3.63) is 48.5 Å². The zero-order valence-electron chi connectivity index (χ0n) is 21.3. The summed E-state index contributed by atoms with van der Waals surface area (Å²) in [7, 11) is 0. The smallest absolute Gasteiger partial charge is 0.260 e. The average molecular weight is 485 g/mol. The van der Waals surface area contributed by atoms with Crippen LogP contribution < -0.4 is 20.9 Å². The van der Waals surface area contributed by atoms with Gasteiger partial charge in [-0.2, -0.15) is 0 Å². The summed E-state index contributed by atoms with van der Waals surface area (Å²) in [5.74, 6) is 5.97. The van der Waals surface area contributed by atoms with Gasteiger partial charge in [0, 0.05) is 17.3 Å². The molecule has 8 bridgehead atoms. The van der Waals surface area contributed by atoms with E-state index in [4.69, 9.17) is 20.9 Å². The maximum atomic E-state index is 7.35. The molecule has 2 atom stereocenters. The van der Waals surface area contributed by atoms with Gasteiger partial charge >= 0.3 is 0 Å². The Morgan fingerprint density at radius 2 is 0.917 bits per heavy atom. The van der Waals surface area contributed by atoms with E-state index in [2.05, 4.69) is 24.3 Å². The van der Waals surface area contributed by atoms with Gasteiger partial charge in [-0.1, -0.05) is 0 Å². The second kappa shape index (κ2) is 7.36. The zero-order valence-corrected chi connectivity index (χ0v) is 21.3. The Balaban J connectivity index is 1.31. The molecular formula is C32H40N2O2. The van der Waals surface area contributed by atoms with Crippen molar-refractivity contribution in [1.82, 2.24) is 0 Å². The third-order valence-corrected chi connectivity index (χ3v) is 11.7. The molecule has 0 spiro atoms. The van der Waals surface area contributed by atoms with E-state index < -0.39 is 5.79 Å². The first-order chi connectivity index (χ1) is 17.4. The van der Waals surface area contributed by atoms with Crippen molar-refractivity contribution in [2.45, 2.75) is 76.4 Å². The van der Waals surface area contributed by atoms with Gasteiger partial charge in [-0.15, -0.1) is 0 Å². The number of hydrogen-bond donors (Lipinski definition) is 2. The van der Waals surface area contributed by atoms with E-state index in [1.165, 1.54) is 70.6 Å². The van der Waals surface area contributed by atoms with E-state index in [9.17, 15) is 0 Å². The number of nitrogen functional groups attached to an aromatic ring is 2. The van der Waals surface area contributed by atoms with E-state index in [0.29, 0.717) is 11.3 Å². The molecule has 36 heavy (non-hydrogen) atoms. The quantitative estimate of drug-likeness (QED) is 0.352.